The van der Waals surface area contributed by atoms with E-state index in [1.807, 2.05) is 44.2 Å². The zero-order chi connectivity index (χ0) is 19.0. The second kappa shape index (κ2) is 6.83. The minimum atomic E-state index is -0.378. The van der Waals surface area contributed by atoms with Crippen molar-refractivity contribution in [1.82, 2.24) is 4.90 Å². The van der Waals surface area contributed by atoms with Crippen LogP contribution in [0.1, 0.15) is 25.0 Å². The van der Waals surface area contributed by atoms with Crippen LogP contribution in [0.3, 0.4) is 0 Å². The first-order chi connectivity index (χ1) is 13.0. The molecule has 1 atom stereocenters. The van der Waals surface area contributed by atoms with Gasteiger partial charge in [-0.05, 0) is 35.7 Å². The van der Waals surface area contributed by atoms with Gasteiger partial charge in [0.05, 0.1) is 11.4 Å². The quantitative estimate of drug-likeness (QED) is 0.905. The molecule has 2 heterocycles. The number of hydrogen-bond donors (Lipinski definition) is 1. The number of nitrogens with zero attached hydrogens (tertiary/aromatic N) is 3. The van der Waals surface area contributed by atoms with Gasteiger partial charge in [-0.3, -0.25) is 14.7 Å². The van der Waals surface area contributed by atoms with E-state index in [2.05, 4.69) is 4.99 Å². The van der Waals surface area contributed by atoms with Crippen molar-refractivity contribution in [3.8, 4) is 5.75 Å². The van der Waals surface area contributed by atoms with Crippen LogP contribution in [0.5, 0.6) is 5.75 Å². The van der Waals surface area contributed by atoms with Gasteiger partial charge in [-0.1, -0.05) is 44.2 Å². The second-order valence-electron chi connectivity index (χ2n) is 7.13. The molecule has 2 aromatic carbocycles. The predicted molar refractivity (Wildman–Crippen MR) is 107 cm³/mol. The number of phenolic OH excluding ortho intramolecular Hbond substituents is 1. The van der Waals surface area contributed by atoms with Crippen LogP contribution in [-0.4, -0.2) is 33.5 Å². The van der Waals surface area contributed by atoms with E-state index in [0.29, 0.717) is 18.0 Å². The molecule has 0 radical (unpaired) electrons. The summed E-state index contributed by atoms with van der Waals surface area (Å²) in [4.78, 5) is 24.0. The number of amidine groups is 1. The predicted octanol–water partition coefficient (Wildman–Crippen LogP) is 3.65. The highest BCUT2D eigenvalue weighted by Gasteiger charge is 2.39. The number of benzene rings is 2. The van der Waals surface area contributed by atoms with Gasteiger partial charge in [0, 0.05) is 18.2 Å². The summed E-state index contributed by atoms with van der Waals surface area (Å²) in [6.07, 6.45) is 2.36. The summed E-state index contributed by atoms with van der Waals surface area (Å²) in [5.41, 5.74) is 3.44. The van der Waals surface area contributed by atoms with E-state index < -0.39 is 0 Å². The van der Waals surface area contributed by atoms with Crippen molar-refractivity contribution >= 4 is 23.2 Å². The number of carbonyl (C=O) groups excluding carboxylic acids is 1. The SMILES string of the molecule is CC(C)C1N=C2C(Cc3ccccc3)=NC(c3ccc(O)cc3)=CN2C1=O. The van der Waals surface area contributed by atoms with Crippen molar-refractivity contribution < 1.29 is 9.90 Å². The number of aliphatic imine (C=N–C) groups is 2. The topological polar surface area (TPSA) is 65.3 Å². The zero-order valence-electron chi connectivity index (χ0n) is 15.3. The molecule has 0 aromatic heterocycles. The average molecular weight is 359 g/mol. The maximum absolute atomic E-state index is 12.9. The number of aromatic hydroxyl groups is 1. The van der Waals surface area contributed by atoms with Crippen molar-refractivity contribution in [3.05, 3.63) is 71.9 Å². The molecule has 0 saturated carbocycles. The fraction of sp³-hybridized carbons (Fsp3) is 0.227. The highest BCUT2D eigenvalue weighted by Crippen LogP contribution is 2.29. The van der Waals surface area contributed by atoms with E-state index in [0.717, 1.165) is 16.8 Å². The molecule has 5 heteroatoms. The maximum Gasteiger partial charge on any atom is 0.257 e. The van der Waals surface area contributed by atoms with Gasteiger partial charge in [-0.15, -0.1) is 0 Å². The van der Waals surface area contributed by atoms with E-state index in [4.69, 9.17) is 4.99 Å². The summed E-state index contributed by atoms with van der Waals surface area (Å²) in [5.74, 6) is 0.948. The van der Waals surface area contributed by atoms with Gasteiger partial charge in [-0.25, -0.2) is 4.99 Å². The minimum Gasteiger partial charge on any atom is -0.508 e. The summed E-state index contributed by atoms with van der Waals surface area (Å²) < 4.78 is 0. The van der Waals surface area contributed by atoms with E-state index in [-0.39, 0.29) is 23.6 Å². The summed E-state index contributed by atoms with van der Waals surface area (Å²) in [7, 11) is 0. The van der Waals surface area contributed by atoms with Crippen molar-refractivity contribution in [2.75, 3.05) is 0 Å². The van der Waals surface area contributed by atoms with Gasteiger partial charge < -0.3 is 5.11 Å². The molecule has 0 bridgehead atoms. The third-order valence-corrected chi connectivity index (χ3v) is 4.75. The lowest BCUT2D eigenvalue weighted by Gasteiger charge is -2.22. The first-order valence-corrected chi connectivity index (χ1v) is 9.07. The highest BCUT2D eigenvalue weighted by atomic mass is 16.3. The van der Waals surface area contributed by atoms with Crippen LogP contribution in [0.25, 0.3) is 5.70 Å². The lowest BCUT2D eigenvalue weighted by molar-refractivity contribution is -0.126. The Labute approximate surface area is 158 Å². The smallest absolute Gasteiger partial charge is 0.257 e. The van der Waals surface area contributed by atoms with Gasteiger partial charge in [0.15, 0.2) is 5.84 Å². The maximum atomic E-state index is 12.9. The molecule has 0 saturated heterocycles. The largest absolute Gasteiger partial charge is 0.508 e. The Morgan fingerprint density at radius 2 is 1.78 bits per heavy atom. The molecule has 2 aliphatic heterocycles. The molecular formula is C22H21N3O2. The number of amides is 1. The van der Waals surface area contributed by atoms with Crippen LogP contribution < -0.4 is 0 Å². The molecule has 0 fully saturated rings. The molecule has 5 nitrogen and oxygen atoms in total. The van der Waals surface area contributed by atoms with Crippen molar-refractivity contribution in [2.45, 2.75) is 26.3 Å². The van der Waals surface area contributed by atoms with Gasteiger partial charge >= 0.3 is 0 Å². The Morgan fingerprint density at radius 3 is 2.44 bits per heavy atom. The van der Waals surface area contributed by atoms with E-state index in [9.17, 15) is 9.90 Å². The van der Waals surface area contributed by atoms with Crippen LogP contribution in [0.2, 0.25) is 0 Å². The molecule has 1 amide bonds. The zero-order valence-corrected chi connectivity index (χ0v) is 15.3. The standard InChI is InChI=1S/C22H21N3O2/c1-14(2)20-22(27)25-13-19(16-8-10-17(26)11-9-16)23-18(21(25)24-20)12-15-6-4-3-5-7-15/h3-11,13-14,20,26H,12H2,1-2H3. The molecule has 27 heavy (non-hydrogen) atoms. The molecule has 2 aromatic rings. The molecule has 136 valence electrons. The Hall–Kier alpha value is -3.21. The fourth-order valence-electron chi connectivity index (χ4n) is 3.29. The van der Waals surface area contributed by atoms with Gasteiger partial charge in [0.1, 0.15) is 11.8 Å². The summed E-state index contributed by atoms with van der Waals surface area (Å²) in [6, 6.07) is 16.5. The van der Waals surface area contributed by atoms with Crippen LogP contribution in [0.4, 0.5) is 0 Å². The Bertz CT molecular complexity index is 957. The number of hydrogen-bond acceptors (Lipinski definition) is 4. The third-order valence-electron chi connectivity index (χ3n) is 4.75. The van der Waals surface area contributed by atoms with Gasteiger partial charge in [-0.2, -0.15) is 0 Å². The molecule has 1 N–H and O–H groups in total. The minimum absolute atomic E-state index is 0.0169. The van der Waals surface area contributed by atoms with Crippen molar-refractivity contribution in [3.63, 3.8) is 0 Å². The van der Waals surface area contributed by atoms with Gasteiger partial charge in [0.25, 0.3) is 5.91 Å². The summed E-state index contributed by atoms with van der Waals surface area (Å²) >= 11 is 0. The number of phenols is 1. The molecule has 2 aliphatic rings. The Kier molecular flexibility index (Phi) is 4.36. The van der Waals surface area contributed by atoms with Crippen LogP contribution in [-0.2, 0) is 11.2 Å². The lowest BCUT2D eigenvalue weighted by atomic mass is 10.0. The van der Waals surface area contributed by atoms with Crippen LogP contribution in [0.15, 0.2) is 70.8 Å². The summed E-state index contributed by atoms with van der Waals surface area (Å²) in [6.45, 7) is 4.01. The normalized spacial score (nSPS) is 18.9. The molecule has 0 spiro atoms. The lowest BCUT2D eigenvalue weighted by Crippen LogP contribution is -2.38. The van der Waals surface area contributed by atoms with Crippen molar-refractivity contribution in [2.24, 2.45) is 15.9 Å². The Morgan fingerprint density at radius 1 is 1.07 bits per heavy atom. The fourth-order valence-corrected chi connectivity index (χ4v) is 3.29. The molecule has 4 rings (SSSR count). The monoisotopic (exact) mass is 359 g/mol. The Balaban J connectivity index is 1.77. The molecular weight excluding hydrogens is 338 g/mol. The first-order valence-electron chi connectivity index (χ1n) is 9.07. The van der Waals surface area contributed by atoms with Crippen LogP contribution >= 0.6 is 0 Å². The van der Waals surface area contributed by atoms with Gasteiger partial charge in [0.2, 0.25) is 0 Å². The van der Waals surface area contributed by atoms with E-state index >= 15 is 0 Å². The third kappa shape index (κ3) is 3.28. The van der Waals surface area contributed by atoms with E-state index in [1.54, 1.807) is 35.4 Å². The first kappa shape index (κ1) is 17.2. The highest BCUT2D eigenvalue weighted by molar-refractivity contribution is 6.47. The average Bonchev–Trinajstić information content (AvgIpc) is 3.01. The summed E-state index contributed by atoms with van der Waals surface area (Å²) in [5, 5.41) is 9.55. The van der Waals surface area contributed by atoms with Crippen molar-refractivity contribution in [1.29, 1.82) is 0 Å². The number of carbonyl (C=O) groups is 1. The molecule has 0 aliphatic carbocycles. The molecule has 1 unspecified atom stereocenters. The number of rotatable bonds is 4. The van der Waals surface area contributed by atoms with Crippen LogP contribution in [0, 0.1) is 5.92 Å². The number of fused-ring (bicyclic) bond motifs is 1. The second-order valence-corrected chi connectivity index (χ2v) is 7.13. The van der Waals surface area contributed by atoms with E-state index in [1.165, 1.54) is 0 Å².